The van der Waals surface area contributed by atoms with Crippen molar-refractivity contribution in [1.82, 2.24) is 0 Å². The molecule has 0 amide bonds. The van der Waals surface area contributed by atoms with Crippen LogP contribution in [0, 0.1) is 0 Å². The van der Waals surface area contributed by atoms with E-state index in [9.17, 15) is 13.2 Å². The van der Waals surface area contributed by atoms with Gasteiger partial charge in [-0.15, -0.1) is 0 Å². The molecule has 0 radical (unpaired) electrons. The van der Waals surface area contributed by atoms with Gasteiger partial charge in [-0.3, -0.25) is 0 Å². The summed E-state index contributed by atoms with van der Waals surface area (Å²) in [6.45, 7) is 0. The van der Waals surface area contributed by atoms with Crippen molar-refractivity contribution in [3.8, 4) is 0 Å². The Morgan fingerprint density at radius 2 is 1.53 bits per heavy atom. The van der Waals surface area contributed by atoms with Crippen molar-refractivity contribution in [2.75, 3.05) is 0 Å². The average molecular weight is 275 g/mol. The Hall–Kier alpha value is -0.991. The van der Waals surface area contributed by atoms with Gasteiger partial charge >= 0.3 is 90.9 Å². The first-order chi connectivity index (χ1) is 7.06. The molecule has 0 spiro atoms. The second-order valence-electron chi connectivity index (χ2n) is 3.03. The van der Waals surface area contributed by atoms with Gasteiger partial charge in [0.05, 0.1) is 0 Å². The van der Waals surface area contributed by atoms with Crippen molar-refractivity contribution in [2.24, 2.45) is 0 Å². The van der Waals surface area contributed by atoms with Crippen LogP contribution in [0.15, 0.2) is 42.5 Å². The fourth-order valence-electron chi connectivity index (χ4n) is 1.41. The number of rotatable bonds is 1. The van der Waals surface area contributed by atoms with Gasteiger partial charge in [-0.25, -0.2) is 0 Å². The molecule has 0 aromatic heterocycles. The van der Waals surface area contributed by atoms with Crippen molar-refractivity contribution < 1.29 is 13.2 Å². The molecule has 15 heavy (non-hydrogen) atoms. The molecular weight excluding hydrogens is 268 g/mol. The maximum absolute atomic E-state index is 12.3. The van der Waals surface area contributed by atoms with E-state index in [2.05, 4.69) is 0 Å². The Morgan fingerprint density at radius 1 is 0.867 bits per heavy atom. The molecule has 0 atom stereocenters. The first kappa shape index (κ1) is 10.5. The summed E-state index contributed by atoms with van der Waals surface area (Å²) in [5, 5.41) is -2.52. The molecule has 0 aliphatic carbocycles. The van der Waals surface area contributed by atoms with Gasteiger partial charge in [0.25, 0.3) is 0 Å². The van der Waals surface area contributed by atoms with Gasteiger partial charge in [0.1, 0.15) is 0 Å². The molecule has 2 aromatic rings. The number of hydrogen-bond acceptors (Lipinski definition) is 0. The van der Waals surface area contributed by atoms with E-state index < -0.39 is 20.0 Å². The molecule has 4 heteroatoms. The van der Waals surface area contributed by atoms with E-state index >= 15 is 0 Å². The summed E-state index contributed by atoms with van der Waals surface area (Å²) in [7, 11) is 0. The Labute approximate surface area is 91.3 Å². The number of alkyl halides is 3. The third-order valence-electron chi connectivity index (χ3n) is 1.98. The molecule has 0 heterocycles. The van der Waals surface area contributed by atoms with Crippen LogP contribution in [0.3, 0.4) is 0 Å². The molecule has 0 nitrogen and oxygen atoms in total. The van der Waals surface area contributed by atoms with E-state index in [1.54, 1.807) is 24.3 Å². The summed E-state index contributed by atoms with van der Waals surface area (Å²) in [4.78, 5) is 0. The minimum absolute atomic E-state index is 0.396. The maximum atomic E-state index is 12.3. The van der Waals surface area contributed by atoms with Crippen molar-refractivity contribution in [2.45, 2.75) is 5.07 Å². The fourth-order valence-corrected chi connectivity index (χ4v) is 2.86. The Bertz CT molecular complexity index is 471. The van der Waals surface area contributed by atoms with Crippen LogP contribution in [0.2, 0.25) is 0 Å². The van der Waals surface area contributed by atoms with Gasteiger partial charge in [-0.2, -0.15) is 0 Å². The molecule has 0 saturated carbocycles. The topological polar surface area (TPSA) is 0 Å². The van der Waals surface area contributed by atoms with Gasteiger partial charge < -0.3 is 0 Å². The van der Waals surface area contributed by atoms with Crippen molar-refractivity contribution in [3.05, 3.63) is 42.5 Å². The summed E-state index contributed by atoms with van der Waals surface area (Å²) in [5.41, 5.74) is 0. The van der Waals surface area contributed by atoms with Crippen LogP contribution >= 0.6 is 0 Å². The summed E-state index contributed by atoms with van der Waals surface area (Å²) in [6.07, 6.45) is 0. The molecule has 78 valence electrons. The van der Waals surface area contributed by atoms with Crippen LogP contribution in [0.4, 0.5) is 13.2 Å². The van der Waals surface area contributed by atoms with Gasteiger partial charge in [0, 0.05) is 0 Å². The van der Waals surface area contributed by atoms with Crippen LogP contribution in [0.1, 0.15) is 0 Å². The Kier molecular flexibility index (Phi) is 2.72. The van der Waals surface area contributed by atoms with Crippen LogP contribution in [0.5, 0.6) is 0 Å². The van der Waals surface area contributed by atoms with Gasteiger partial charge in [-0.1, -0.05) is 0 Å². The summed E-state index contributed by atoms with van der Waals surface area (Å²) >= 11 is -1.46. The average Bonchev–Trinajstić information content (AvgIpc) is 2.16. The van der Waals surface area contributed by atoms with E-state index in [4.69, 9.17) is 0 Å². The van der Waals surface area contributed by atoms with Crippen molar-refractivity contribution in [3.63, 3.8) is 0 Å². The summed E-state index contributed by atoms with van der Waals surface area (Å²) in [6, 6.07) is 12.2. The second-order valence-corrected chi connectivity index (χ2v) is 5.35. The SMILES string of the molecule is FC(F)(F)[Se]c1cccc2ccccc12. The Morgan fingerprint density at radius 3 is 2.27 bits per heavy atom. The van der Waals surface area contributed by atoms with Crippen molar-refractivity contribution in [1.29, 1.82) is 0 Å². The van der Waals surface area contributed by atoms with Crippen LogP contribution in [0.25, 0.3) is 10.8 Å². The molecule has 0 aliphatic heterocycles. The first-order valence-corrected chi connectivity index (χ1v) is 6.01. The van der Waals surface area contributed by atoms with Crippen LogP contribution in [-0.2, 0) is 0 Å². The number of benzene rings is 2. The first-order valence-electron chi connectivity index (χ1n) is 4.30. The van der Waals surface area contributed by atoms with E-state index in [1.807, 2.05) is 18.2 Å². The molecule has 0 aliphatic rings. The van der Waals surface area contributed by atoms with Gasteiger partial charge in [-0.05, 0) is 0 Å². The fraction of sp³-hybridized carbons (Fsp3) is 0.0909. The Balaban J connectivity index is 2.52. The molecule has 2 aromatic carbocycles. The molecule has 0 N–H and O–H groups in total. The van der Waals surface area contributed by atoms with Crippen molar-refractivity contribution >= 4 is 30.2 Å². The summed E-state index contributed by atoms with van der Waals surface area (Å²) < 4.78 is 37.3. The normalized spacial score (nSPS) is 11.9. The predicted octanol–water partition coefficient (Wildman–Crippen LogP) is 2.69. The van der Waals surface area contributed by atoms with Crippen LogP contribution < -0.4 is 4.46 Å². The quantitative estimate of drug-likeness (QED) is 0.702. The molecule has 2 rings (SSSR count). The third-order valence-corrected chi connectivity index (χ3v) is 3.67. The standard InChI is InChI=1S/C11H7F3Se/c12-11(13,14)15-10-7-3-5-8-4-1-2-6-9(8)10/h1-7H. The second kappa shape index (κ2) is 3.87. The van der Waals surface area contributed by atoms with E-state index in [-0.39, 0.29) is 0 Å². The van der Waals surface area contributed by atoms with E-state index in [1.165, 1.54) is 0 Å². The zero-order valence-corrected chi connectivity index (χ0v) is 9.30. The molecule has 0 bridgehead atoms. The van der Waals surface area contributed by atoms with E-state index in [0.717, 1.165) is 5.39 Å². The molecule has 0 unspecified atom stereocenters. The summed E-state index contributed by atoms with van der Waals surface area (Å²) in [5.74, 6) is 0. The third kappa shape index (κ3) is 2.52. The van der Waals surface area contributed by atoms with Gasteiger partial charge in [0.15, 0.2) is 0 Å². The molecule has 0 fully saturated rings. The monoisotopic (exact) mass is 276 g/mol. The predicted molar refractivity (Wildman–Crippen MR) is 55.4 cm³/mol. The van der Waals surface area contributed by atoms with Crippen LogP contribution in [-0.4, -0.2) is 20.0 Å². The molecular formula is C11H7F3Se. The van der Waals surface area contributed by atoms with Gasteiger partial charge in [0.2, 0.25) is 0 Å². The number of hydrogen-bond donors (Lipinski definition) is 0. The molecule has 0 saturated heterocycles. The zero-order chi connectivity index (χ0) is 10.9. The minimum atomic E-state index is -4.09. The van der Waals surface area contributed by atoms with E-state index in [0.29, 0.717) is 9.85 Å². The zero-order valence-electron chi connectivity index (χ0n) is 7.58. The number of fused-ring (bicyclic) bond motifs is 1. The number of halogens is 3.